The summed E-state index contributed by atoms with van der Waals surface area (Å²) in [5.74, 6) is 0.472. The SMILES string of the molecule is O=C(CCCCCNC(=O)CCCNC(=O)CCCCC1SCC2NC(=O)NC21)NCC=Cc1cn(C2CC(O)C(COP(=O)(O)OP(=O)(O)OP(=O)(O)O)O2)c(=O)[nH]c1=O. The van der Waals surface area contributed by atoms with Gasteiger partial charge in [-0.2, -0.15) is 20.4 Å². The van der Waals surface area contributed by atoms with Gasteiger partial charge in [0.05, 0.1) is 30.4 Å². The van der Waals surface area contributed by atoms with Gasteiger partial charge in [-0.05, 0) is 32.1 Å². The van der Waals surface area contributed by atoms with E-state index in [9.17, 15) is 57.4 Å². The summed E-state index contributed by atoms with van der Waals surface area (Å²) < 4.78 is 52.4. The molecule has 29 heteroatoms. The molecule has 1 aromatic heterocycles. The number of fused-ring (bicyclic) bond motifs is 1. The van der Waals surface area contributed by atoms with Gasteiger partial charge >= 0.3 is 35.2 Å². The number of phosphoric acid groups is 3. The van der Waals surface area contributed by atoms with Crippen LogP contribution in [0.3, 0.4) is 0 Å². The summed E-state index contributed by atoms with van der Waals surface area (Å²) in [5, 5.41) is 24.9. The summed E-state index contributed by atoms with van der Waals surface area (Å²) in [4.78, 5) is 111. The van der Waals surface area contributed by atoms with E-state index in [1.54, 1.807) is 0 Å². The molecule has 1 aromatic rings. The molecule has 0 radical (unpaired) electrons. The molecule has 3 fully saturated rings. The van der Waals surface area contributed by atoms with Gasteiger partial charge in [0.15, 0.2) is 0 Å². The summed E-state index contributed by atoms with van der Waals surface area (Å²) in [6.07, 6.45) is 5.45. The third-order valence-corrected chi connectivity index (χ3v) is 14.7. The predicted molar refractivity (Wildman–Crippen MR) is 215 cm³/mol. The summed E-state index contributed by atoms with van der Waals surface area (Å²) in [5.41, 5.74) is -1.74. The Morgan fingerprint density at radius 3 is 2.23 bits per heavy atom. The number of aliphatic hydroxyl groups is 1. The van der Waals surface area contributed by atoms with Crippen LogP contribution in [0.15, 0.2) is 21.9 Å². The number of carbonyl (C=O) groups is 4. The third-order valence-electron chi connectivity index (χ3n) is 9.43. The maximum Gasteiger partial charge on any atom is 0.490 e. The number of amides is 5. The Kier molecular flexibility index (Phi) is 19.4. The van der Waals surface area contributed by atoms with Gasteiger partial charge in [0, 0.05) is 62.5 Å². The van der Waals surface area contributed by atoms with Crippen molar-refractivity contribution in [1.29, 1.82) is 0 Å². The van der Waals surface area contributed by atoms with Gasteiger partial charge in [0.1, 0.15) is 12.3 Å². The van der Waals surface area contributed by atoms with Crippen molar-refractivity contribution in [3.63, 3.8) is 0 Å². The van der Waals surface area contributed by atoms with Gasteiger partial charge < -0.3 is 56.0 Å². The Bertz CT molecular complexity index is 2000. The minimum atomic E-state index is -5.77. The molecule has 0 bridgehead atoms. The lowest BCUT2D eigenvalue weighted by Gasteiger charge is -2.19. The summed E-state index contributed by atoms with van der Waals surface area (Å²) in [6.45, 7) is -0.0728. The molecule has 8 atom stereocenters. The average Bonchev–Trinajstić information content (AvgIpc) is 3.83. The quantitative estimate of drug-likeness (QED) is 0.0330. The van der Waals surface area contributed by atoms with Gasteiger partial charge in [-0.25, -0.2) is 23.3 Å². The van der Waals surface area contributed by atoms with E-state index in [2.05, 4.69) is 44.7 Å². The fourth-order valence-electron chi connectivity index (χ4n) is 6.53. The maximum atomic E-state index is 12.5. The highest BCUT2D eigenvalue weighted by atomic mass is 32.2. The Balaban J connectivity index is 1.03. The van der Waals surface area contributed by atoms with Crippen LogP contribution in [-0.4, -0.2) is 120 Å². The molecular formula is C32H52N7O18P3S. The standard InChI is InChI=1S/C32H52N7O18P3S/c40-22-16-28(55-23(22)18-54-59(50,51)57-60(52,53)56-58(47,48)49)39-17-20(30(44)38-32(39)46)8-6-14-34-25(41)10-2-1-5-13-33-27(43)12-7-15-35-26(42)11-4-3-9-24-29-21(19-61-24)36-31(45)37-29/h6,8,17,21-24,28-29,40H,1-5,7,9-16,18-19H2,(H,33,43)(H,34,41)(H,35,42)(H,50,51)(H,52,53)(H2,36,37,45)(H,38,44,46)(H2,47,48,49). The smallest absolute Gasteiger partial charge is 0.390 e. The number of aromatic nitrogens is 2. The normalized spacial score (nSPS) is 24.4. The average molecular weight is 948 g/mol. The van der Waals surface area contributed by atoms with Crippen LogP contribution in [0.1, 0.15) is 82.4 Å². The third kappa shape index (κ3) is 17.8. The molecule has 4 rings (SSSR count). The molecule has 0 saturated carbocycles. The van der Waals surface area contributed by atoms with Crippen molar-refractivity contribution < 1.29 is 75.4 Å². The number of hydrogen-bond donors (Lipinski definition) is 11. The number of hydrogen-bond acceptors (Lipinski definition) is 15. The van der Waals surface area contributed by atoms with Crippen LogP contribution in [0.4, 0.5) is 4.79 Å². The van der Waals surface area contributed by atoms with Crippen LogP contribution in [0, 0.1) is 0 Å². The highest BCUT2D eigenvalue weighted by Gasteiger charge is 2.44. The molecule has 8 unspecified atom stereocenters. The van der Waals surface area contributed by atoms with Gasteiger partial charge in [-0.1, -0.05) is 25.0 Å². The number of rotatable bonds is 26. The molecular weight excluding hydrogens is 895 g/mol. The second-order valence-electron chi connectivity index (χ2n) is 14.3. The van der Waals surface area contributed by atoms with Crippen molar-refractivity contribution in [3.8, 4) is 0 Å². The number of aromatic amines is 1. The lowest BCUT2D eigenvalue weighted by Crippen LogP contribution is -2.36. The Labute approximate surface area is 353 Å². The second-order valence-corrected chi connectivity index (χ2v) is 20.0. The molecule has 5 amide bonds. The molecule has 61 heavy (non-hydrogen) atoms. The van der Waals surface area contributed by atoms with Gasteiger partial charge in [-0.3, -0.25) is 33.3 Å². The largest absolute Gasteiger partial charge is 0.490 e. The number of urea groups is 1. The van der Waals surface area contributed by atoms with E-state index in [1.807, 2.05) is 11.8 Å². The molecule has 3 saturated heterocycles. The molecule has 0 aromatic carbocycles. The lowest BCUT2D eigenvalue weighted by atomic mass is 10.0. The van der Waals surface area contributed by atoms with E-state index in [-0.39, 0.29) is 67.2 Å². The number of carbonyl (C=O) groups excluding carboxylic acids is 4. The molecule has 0 aliphatic carbocycles. The summed E-state index contributed by atoms with van der Waals surface area (Å²) >= 11 is 1.85. The van der Waals surface area contributed by atoms with Crippen molar-refractivity contribution in [2.75, 3.05) is 32.0 Å². The minimum Gasteiger partial charge on any atom is -0.390 e. The Morgan fingerprint density at radius 2 is 1.52 bits per heavy atom. The lowest BCUT2D eigenvalue weighted by molar-refractivity contribution is -0.123. The van der Waals surface area contributed by atoms with E-state index in [4.69, 9.17) is 14.5 Å². The second kappa shape index (κ2) is 23.5. The zero-order chi connectivity index (χ0) is 44.8. The number of unbranched alkanes of at least 4 members (excludes halogenated alkanes) is 3. The Hall–Kier alpha value is -3.22. The first-order valence-corrected chi connectivity index (χ1v) is 24.9. The van der Waals surface area contributed by atoms with Crippen LogP contribution in [-0.2, 0) is 46.0 Å². The van der Waals surface area contributed by atoms with E-state index >= 15 is 0 Å². The molecule has 0 spiro atoms. The van der Waals surface area contributed by atoms with E-state index in [0.29, 0.717) is 50.4 Å². The highest BCUT2D eigenvalue weighted by molar-refractivity contribution is 8.00. The predicted octanol–water partition coefficient (Wildman–Crippen LogP) is -0.0435. The molecule has 3 aliphatic rings. The molecule has 25 nitrogen and oxygen atoms in total. The van der Waals surface area contributed by atoms with Gasteiger partial charge in [0.2, 0.25) is 17.7 Å². The number of nitrogens with one attached hydrogen (secondary N) is 6. The number of ether oxygens (including phenoxy) is 1. The van der Waals surface area contributed by atoms with Crippen LogP contribution in [0.2, 0.25) is 0 Å². The fourth-order valence-corrected chi connectivity index (χ4v) is 11.1. The number of nitrogens with zero attached hydrogens (tertiary/aromatic N) is 1. The van der Waals surface area contributed by atoms with Crippen molar-refractivity contribution in [2.24, 2.45) is 0 Å². The first-order valence-electron chi connectivity index (χ1n) is 19.3. The van der Waals surface area contributed by atoms with Crippen LogP contribution in [0.25, 0.3) is 6.08 Å². The van der Waals surface area contributed by atoms with Gasteiger partial charge in [0.25, 0.3) is 5.56 Å². The van der Waals surface area contributed by atoms with Crippen molar-refractivity contribution >= 4 is 65.1 Å². The van der Waals surface area contributed by atoms with Crippen LogP contribution >= 0.6 is 35.2 Å². The maximum absolute atomic E-state index is 12.5. The molecule has 4 heterocycles. The topological polar surface area (TPSA) is 373 Å². The monoisotopic (exact) mass is 947 g/mol. The number of phosphoric ester groups is 1. The summed E-state index contributed by atoms with van der Waals surface area (Å²) in [6, 6.07) is 0.235. The fraction of sp³-hybridized carbons (Fsp3) is 0.688. The van der Waals surface area contributed by atoms with Crippen molar-refractivity contribution in [3.05, 3.63) is 38.7 Å². The van der Waals surface area contributed by atoms with Crippen LogP contribution in [0.5, 0.6) is 0 Å². The van der Waals surface area contributed by atoms with Gasteiger partial charge in [-0.15, -0.1) is 0 Å². The summed E-state index contributed by atoms with van der Waals surface area (Å²) in [7, 11) is -16.9. The zero-order valence-corrected chi connectivity index (χ0v) is 36.3. The Morgan fingerprint density at radius 1 is 0.869 bits per heavy atom. The van der Waals surface area contributed by atoms with Crippen molar-refractivity contribution in [1.82, 2.24) is 36.1 Å². The number of aliphatic hydroxyl groups excluding tert-OH is 1. The first-order chi connectivity index (χ1) is 28.7. The zero-order valence-electron chi connectivity index (χ0n) is 32.8. The molecule has 344 valence electrons. The first kappa shape index (κ1) is 50.4. The number of thioether (sulfide) groups is 1. The van der Waals surface area contributed by atoms with E-state index < -0.39 is 59.8 Å². The van der Waals surface area contributed by atoms with E-state index in [1.165, 1.54) is 12.2 Å². The van der Waals surface area contributed by atoms with Crippen molar-refractivity contribution in [2.45, 2.75) is 106 Å². The number of H-pyrrole nitrogens is 1. The van der Waals surface area contributed by atoms with E-state index in [0.717, 1.165) is 35.8 Å². The highest BCUT2D eigenvalue weighted by Crippen LogP contribution is 2.66. The molecule has 3 aliphatic heterocycles. The molecule has 11 N–H and O–H groups in total. The van der Waals surface area contributed by atoms with Crippen LogP contribution < -0.4 is 37.8 Å². The minimum absolute atomic E-state index is 0.0327.